The molecule has 2 rings (SSSR count). The van der Waals surface area contributed by atoms with Crippen LogP contribution in [-0.2, 0) is 0 Å². The van der Waals surface area contributed by atoms with E-state index in [9.17, 15) is 8.78 Å². The third-order valence-electron chi connectivity index (χ3n) is 1.47. The molecule has 0 amide bonds. The van der Waals surface area contributed by atoms with Crippen LogP contribution in [0.2, 0.25) is 0 Å². The lowest BCUT2D eigenvalue weighted by Crippen LogP contribution is -1.93. The van der Waals surface area contributed by atoms with E-state index in [0.717, 1.165) is 23.7 Å². The highest BCUT2D eigenvalue weighted by Gasteiger charge is 2.05. The highest BCUT2D eigenvalue weighted by molar-refractivity contribution is 7.09. The predicted octanol–water partition coefficient (Wildman–Crippen LogP) is 1.95. The molecule has 7 heteroatoms. The zero-order valence-electron chi connectivity index (χ0n) is 6.74. The molecule has 4 nitrogen and oxygen atoms in total. The van der Waals surface area contributed by atoms with E-state index in [1.807, 2.05) is 0 Å². The number of aromatic nitrogens is 3. The second-order valence-corrected chi connectivity index (χ2v) is 3.15. The number of benzene rings is 1. The fraction of sp³-hybridized carbons (Fsp3) is 0. The van der Waals surface area contributed by atoms with Gasteiger partial charge >= 0.3 is 0 Å². The van der Waals surface area contributed by atoms with E-state index in [0.29, 0.717) is 5.13 Å². The van der Waals surface area contributed by atoms with Crippen molar-refractivity contribution in [2.45, 2.75) is 0 Å². The monoisotopic (exact) mass is 214 g/mol. The molecule has 0 atom stereocenters. The Labute approximate surface area is 81.7 Å². The van der Waals surface area contributed by atoms with Crippen LogP contribution in [0.4, 0.5) is 19.6 Å². The summed E-state index contributed by atoms with van der Waals surface area (Å²) in [6, 6.07) is 3.22. The van der Waals surface area contributed by atoms with Crippen molar-refractivity contribution in [1.29, 1.82) is 0 Å². The van der Waals surface area contributed by atoms with Gasteiger partial charge in [-0.05, 0) is 17.3 Å². The second-order valence-electron chi connectivity index (χ2n) is 2.42. The molecule has 0 aliphatic heterocycles. The van der Waals surface area contributed by atoms with Crippen molar-refractivity contribution in [3.05, 3.63) is 29.8 Å². The molecule has 0 aliphatic rings. The first-order valence-electron chi connectivity index (χ1n) is 3.63. The van der Waals surface area contributed by atoms with Gasteiger partial charge in [-0.1, -0.05) is 9.59 Å². The quantitative estimate of drug-likeness (QED) is 0.830. The molecule has 0 bridgehead atoms. The van der Waals surface area contributed by atoms with Crippen molar-refractivity contribution < 1.29 is 8.78 Å². The van der Waals surface area contributed by atoms with E-state index in [4.69, 9.17) is 0 Å². The summed E-state index contributed by atoms with van der Waals surface area (Å²) >= 11 is 0.987. The number of nitrogens with zero attached hydrogens (tertiary/aromatic N) is 3. The van der Waals surface area contributed by atoms with Crippen molar-refractivity contribution >= 4 is 22.4 Å². The largest absolute Gasteiger partial charge is 0.326 e. The van der Waals surface area contributed by atoms with E-state index in [1.165, 1.54) is 6.07 Å². The molecule has 14 heavy (non-hydrogen) atoms. The fourth-order valence-electron chi connectivity index (χ4n) is 0.888. The van der Waals surface area contributed by atoms with Gasteiger partial charge in [0.1, 0.15) is 11.6 Å². The van der Waals surface area contributed by atoms with Crippen LogP contribution in [0.1, 0.15) is 0 Å². The topological polar surface area (TPSA) is 50.7 Å². The van der Waals surface area contributed by atoms with Gasteiger partial charge in [-0.25, -0.2) is 8.78 Å². The van der Waals surface area contributed by atoms with Crippen LogP contribution in [0.25, 0.3) is 0 Å². The summed E-state index contributed by atoms with van der Waals surface area (Å²) < 4.78 is 29.1. The smallest absolute Gasteiger partial charge is 0.229 e. The number of hydrogen-bond acceptors (Lipinski definition) is 5. The van der Waals surface area contributed by atoms with Crippen LogP contribution < -0.4 is 5.32 Å². The number of rotatable bonds is 2. The molecular weight excluding hydrogens is 210 g/mol. The van der Waals surface area contributed by atoms with Gasteiger partial charge in [0.25, 0.3) is 0 Å². The fourth-order valence-corrected chi connectivity index (χ4v) is 1.27. The van der Waals surface area contributed by atoms with Crippen molar-refractivity contribution in [2.24, 2.45) is 0 Å². The van der Waals surface area contributed by atoms with Gasteiger partial charge < -0.3 is 5.32 Å². The minimum absolute atomic E-state index is 0.143. The lowest BCUT2D eigenvalue weighted by molar-refractivity contribution is 0.586. The molecule has 2 aromatic rings. The molecule has 0 fully saturated rings. The first-order chi connectivity index (χ1) is 6.75. The molecule has 1 N–H and O–H groups in total. The lowest BCUT2D eigenvalue weighted by atomic mass is 10.3. The summed E-state index contributed by atoms with van der Waals surface area (Å²) in [5.41, 5.74) is 0.143. The highest BCUT2D eigenvalue weighted by atomic mass is 32.1. The molecule has 72 valence electrons. The van der Waals surface area contributed by atoms with E-state index in [-0.39, 0.29) is 5.69 Å². The zero-order valence-corrected chi connectivity index (χ0v) is 7.55. The Morgan fingerprint density at radius 3 is 2.79 bits per heavy atom. The van der Waals surface area contributed by atoms with Crippen LogP contribution in [0.15, 0.2) is 18.2 Å². The van der Waals surface area contributed by atoms with Gasteiger partial charge in [-0.3, -0.25) is 0 Å². The van der Waals surface area contributed by atoms with Crippen LogP contribution in [-0.4, -0.2) is 14.8 Å². The standard InChI is InChI=1S/C7H4F2N4S/c8-4-1-2-6(5(9)3-4)10-7-11-12-13-14-7/h1-3H,(H,10,11,13). The minimum Gasteiger partial charge on any atom is -0.326 e. The maximum absolute atomic E-state index is 13.1. The van der Waals surface area contributed by atoms with E-state index >= 15 is 0 Å². The molecule has 0 unspecified atom stereocenters. The lowest BCUT2D eigenvalue weighted by Gasteiger charge is -2.01. The number of hydrogen-bond donors (Lipinski definition) is 1. The molecule has 1 aromatic carbocycles. The third-order valence-corrected chi connectivity index (χ3v) is 1.98. The molecule has 1 aromatic heterocycles. The summed E-state index contributed by atoms with van der Waals surface area (Å²) in [6.07, 6.45) is 0. The van der Waals surface area contributed by atoms with Crippen LogP contribution in [0, 0.1) is 11.6 Å². The molecule has 0 spiro atoms. The Morgan fingerprint density at radius 2 is 2.14 bits per heavy atom. The Balaban J connectivity index is 2.25. The minimum atomic E-state index is -0.680. The van der Waals surface area contributed by atoms with Gasteiger partial charge in [0.2, 0.25) is 5.13 Å². The molecule has 0 radical (unpaired) electrons. The van der Waals surface area contributed by atoms with Crippen LogP contribution in [0.5, 0.6) is 0 Å². The van der Waals surface area contributed by atoms with Gasteiger partial charge in [-0.2, -0.15) is 0 Å². The van der Waals surface area contributed by atoms with Gasteiger partial charge in [-0.15, -0.1) is 0 Å². The van der Waals surface area contributed by atoms with Gasteiger partial charge in [0.05, 0.1) is 5.69 Å². The van der Waals surface area contributed by atoms with E-state index in [2.05, 4.69) is 20.1 Å². The van der Waals surface area contributed by atoms with Gasteiger partial charge in [0.15, 0.2) is 0 Å². The molecule has 0 saturated heterocycles. The zero-order chi connectivity index (χ0) is 9.97. The predicted molar refractivity (Wildman–Crippen MR) is 47.3 cm³/mol. The number of halogens is 2. The van der Waals surface area contributed by atoms with Crippen molar-refractivity contribution in [1.82, 2.24) is 14.8 Å². The molecule has 0 saturated carbocycles. The van der Waals surface area contributed by atoms with Crippen molar-refractivity contribution in [3.8, 4) is 0 Å². The Hall–Kier alpha value is -1.63. The first kappa shape index (κ1) is 8.95. The van der Waals surface area contributed by atoms with E-state index < -0.39 is 11.6 Å². The van der Waals surface area contributed by atoms with Gasteiger partial charge in [0, 0.05) is 17.6 Å². The number of anilines is 2. The summed E-state index contributed by atoms with van der Waals surface area (Å²) in [6.45, 7) is 0. The second kappa shape index (κ2) is 3.62. The van der Waals surface area contributed by atoms with E-state index in [1.54, 1.807) is 0 Å². The third kappa shape index (κ3) is 1.82. The Kier molecular flexibility index (Phi) is 2.32. The summed E-state index contributed by atoms with van der Waals surface area (Å²) in [4.78, 5) is 0. The molecule has 0 aliphatic carbocycles. The average molecular weight is 214 g/mol. The van der Waals surface area contributed by atoms with Crippen molar-refractivity contribution in [2.75, 3.05) is 5.32 Å². The summed E-state index contributed by atoms with van der Waals surface area (Å²) in [5, 5.41) is 9.86. The molecule has 1 heterocycles. The number of nitrogens with one attached hydrogen (secondary N) is 1. The van der Waals surface area contributed by atoms with Crippen LogP contribution >= 0.6 is 11.5 Å². The van der Waals surface area contributed by atoms with Crippen molar-refractivity contribution in [3.63, 3.8) is 0 Å². The maximum Gasteiger partial charge on any atom is 0.229 e. The normalized spacial score (nSPS) is 10.1. The summed E-state index contributed by atoms with van der Waals surface area (Å²) in [7, 11) is 0. The first-order valence-corrected chi connectivity index (χ1v) is 4.40. The molecular formula is C7H4F2N4S. The van der Waals surface area contributed by atoms with Crippen LogP contribution in [0.3, 0.4) is 0 Å². The SMILES string of the molecule is Fc1ccc(Nc2nnns2)c(F)c1. The highest BCUT2D eigenvalue weighted by Crippen LogP contribution is 2.20. The Morgan fingerprint density at radius 1 is 1.29 bits per heavy atom. The maximum atomic E-state index is 13.1. The Bertz CT molecular complexity index is 431. The summed E-state index contributed by atoms with van der Waals surface area (Å²) in [5.74, 6) is -1.30. The average Bonchev–Trinajstić information content (AvgIpc) is 2.62.